The van der Waals surface area contributed by atoms with E-state index in [0.717, 1.165) is 0 Å². The van der Waals surface area contributed by atoms with Crippen LogP contribution in [0.3, 0.4) is 0 Å². The van der Waals surface area contributed by atoms with E-state index in [1.807, 2.05) is 6.92 Å². The number of hydrogen-bond acceptors (Lipinski definition) is 3. The van der Waals surface area contributed by atoms with Crippen molar-refractivity contribution in [1.82, 2.24) is 0 Å². The van der Waals surface area contributed by atoms with E-state index in [9.17, 15) is 41.0 Å². The molecule has 0 aromatic heterocycles. The normalized spacial score (nSPS) is 13.4. The summed E-state index contributed by atoms with van der Waals surface area (Å²) in [4.78, 5) is 24.8. The molecule has 0 aliphatic carbocycles. The van der Waals surface area contributed by atoms with Crippen molar-refractivity contribution in [2.45, 2.75) is 52.1 Å². The number of aryl methyl sites for hydroxylation is 2. The fourth-order valence-corrected chi connectivity index (χ4v) is 3.23. The molecule has 1 unspecified atom stereocenters. The van der Waals surface area contributed by atoms with E-state index in [0.29, 0.717) is 24.2 Å². The van der Waals surface area contributed by atoms with Crippen LogP contribution in [0.4, 0.5) is 37.7 Å². The third-order valence-corrected chi connectivity index (χ3v) is 5.46. The van der Waals surface area contributed by atoms with Crippen molar-refractivity contribution in [3.05, 3.63) is 58.7 Å². The minimum Gasteiger partial charge on any atom is -0.369 e. The van der Waals surface area contributed by atoms with Gasteiger partial charge in [0.2, 0.25) is 5.91 Å². The number of nitrogens with one attached hydrogen (secondary N) is 2. The molecule has 0 aliphatic rings. The molecule has 0 aliphatic heterocycles. The zero-order valence-electron chi connectivity index (χ0n) is 18.8. The fraction of sp³-hybridized carbons (Fsp3) is 0.391. The zero-order chi connectivity index (χ0) is 26.1. The first-order valence-electron chi connectivity index (χ1n) is 10.2. The maximum atomic E-state index is 13.2. The van der Waals surface area contributed by atoms with Gasteiger partial charge in [0.1, 0.15) is 0 Å². The van der Waals surface area contributed by atoms with Gasteiger partial charge in [-0.15, -0.1) is 0 Å². The summed E-state index contributed by atoms with van der Waals surface area (Å²) in [6, 6.07) is 6.97. The monoisotopic (exact) mass is 490 g/mol. The van der Waals surface area contributed by atoms with Gasteiger partial charge < -0.3 is 15.7 Å². The summed E-state index contributed by atoms with van der Waals surface area (Å²) in [6.45, 7) is 6.00. The number of amides is 2. The SMILES string of the molecule is CCC(C)C(=O)Nc1cccc(C(=O)Nc2c(C)cc(C(O)(C(F)(F)F)C(F)(F)F)cc2C)c1. The van der Waals surface area contributed by atoms with E-state index in [2.05, 4.69) is 10.6 Å². The van der Waals surface area contributed by atoms with Crippen molar-refractivity contribution in [3.63, 3.8) is 0 Å². The Balaban J connectivity index is 2.37. The van der Waals surface area contributed by atoms with E-state index < -0.39 is 29.4 Å². The Morgan fingerprint density at radius 2 is 1.47 bits per heavy atom. The second-order valence-electron chi connectivity index (χ2n) is 8.02. The topological polar surface area (TPSA) is 78.4 Å². The smallest absolute Gasteiger partial charge is 0.369 e. The van der Waals surface area contributed by atoms with Crippen LogP contribution in [0.5, 0.6) is 0 Å². The number of hydrogen-bond donors (Lipinski definition) is 3. The Hall–Kier alpha value is -3.08. The number of carbonyl (C=O) groups is 2. The minimum absolute atomic E-state index is 0.00510. The molecule has 2 amide bonds. The molecule has 11 heteroatoms. The molecule has 0 fully saturated rings. The first-order chi connectivity index (χ1) is 15.5. The largest absolute Gasteiger partial charge is 0.430 e. The van der Waals surface area contributed by atoms with Crippen LogP contribution < -0.4 is 10.6 Å². The van der Waals surface area contributed by atoms with Crippen molar-refractivity contribution < 1.29 is 41.0 Å². The summed E-state index contributed by atoms with van der Waals surface area (Å²) in [7, 11) is 0. The lowest BCUT2D eigenvalue weighted by molar-refractivity contribution is -0.376. The van der Waals surface area contributed by atoms with Gasteiger partial charge in [-0.2, -0.15) is 26.3 Å². The Morgan fingerprint density at radius 3 is 1.94 bits per heavy atom. The predicted molar refractivity (Wildman–Crippen MR) is 114 cm³/mol. The highest BCUT2D eigenvalue weighted by Crippen LogP contribution is 2.50. The number of halogens is 6. The van der Waals surface area contributed by atoms with Crippen LogP contribution in [-0.4, -0.2) is 29.3 Å². The van der Waals surface area contributed by atoms with Crippen LogP contribution in [0.2, 0.25) is 0 Å². The number of carbonyl (C=O) groups excluding carboxylic acids is 2. The van der Waals surface area contributed by atoms with Gasteiger partial charge in [-0.1, -0.05) is 32.0 Å². The lowest BCUT2D eigenvalue weighted by atomic mass is 9.89. The predicted octanol–water partition coefficient (Wildman–Crippen LogP) is 5.85. The summed E-state index contributed by atoms with van der Waals surface area (Å²) in [5, 5.41) is 14.8. The van der Waals surface area contributed by atoms with E-state index in [-0.39, 0.29) is 34.2 Å². The second kappa shape index (κ2) is 9.65. The molecule has 1 atom stereocenters. The number of alkyl halides is 6. The van der Waals surface area contributed by atoms with Gasteiger partial charge in [0.15, 0.2) is 0 Å². The van der Waals surface area contributed by atoms with Gasteiger partial charge in [0, 0.05) is 28.4 Å². The molecule has 0 saturated heterocycles. The number of anilines is 2. The highest BCUT2D eigenvalue weighted by molar-refractivity contribution is 6.06. The van der Waals surface area contributed by atoms with Crippen molar-refractivity contribution >= 4 is 23.2 Å². The average Bonchev–Trinajstić information content (AvgIpc) is 2.73. The lowest BCUT2D eigenvalue weighted by Gasteiger charge is -2.33. The lowest BCUT2D eigenvalue weighted by Crippen LogP contribution is -2.54. The molecule has 0 bridgehead atoms. The first-order valence-corrected chi connectivity index (χ1v) is 10.2. The molecule has 2 rings (SSSR count). The van der Waals surface area contributed by atoms with Crippen LogP contribution in [0.1, 0.15) is 47.3 Å². The molecule has 0 radical (unpaired) electrons. The summed E-state index contributed by atoms with van der Waals surface area (Å²) in [5.74, 6) is -1.20. The van der Waals surface area contributed by atoms with Crippen molar-refractivity contribution in [2.75, 3.05) is 10.6 Å². The maximum Gasteiger partial charge on any atom is 0.430 e. The molecule has 5 nitrogen and oxygen atoms in total. The molecule has 0 spiro atoms. The van der Waals surface area contributed by atoms with Crippen LogP contribution in [-0.2, 0) is 10.4 Å². The highest BCUT2D eigenvalue weighted by Gasteiger charge is 2.71. The molecule has 3 N–H and O–H groups in total. The molecule has 0 heterocycles. The van der Waals surface area contributed by atoms with E-state index in [1.165, 1.54) is 32.0 Å². The maximum absolute atomic E-state index is 13.2. The summed E-state index contributed by atoms with van der Waals surface area (Å²) < 4.78 is 79.3. The Bertz CT molecular complexity index is 1040. The quantitative estimate of drug-likeness (QED) is 0.445. The summed E-state index contributed by atoms with van der Waals surface area (Å²) >= 11 is 0. The third-order valence-electron chi connectivity index (χ3n) is 5.46. The van der Waals surface area contributed by atoms with Gasteiger partial charge >= 0.3 is 12.4 Å². The molecule has 0 saturated carbocycles. The molecule has 2 aromatic rings. The van der Waals surface area contributed by atoms with E-state index >= 15 is 0 Å². The van der Waals surface area contributed by atoms with Crippen LogP contribution in [0.25, 0.3) is 0 Å². The van der Waals surface area contributed by atoms with Gasteiger partial charge in [-0.05, 0) is 49.6 Å². The van der Waals surface area contributed by atoms with Crippen molar-refractivity contribution in [2.24, 2.45) is 5.92 Å². The standard InChI is InChI=1S/C23H24F6N2O3/c1-5-12(2)19(32)30-17-8-6-7-15(11-17)20(33)31-18-13(3)9-16(10-14(18)4)21(34,22(24,25)26)23(27,28)29/h6-12,34H,5H2,1-4H3,(H,30,32)(H,31,33). The fourth-order valence-electron chi connectivity index (χ4n) is 3.23. The van der Waals surface area contributed by atoms with Crippen molar-refractivity contribution in [1.29, 1.82) is 0 Å². The Morgan fingerprint density at radius 1 is 0.941 bits per heavy atom. The minimum atomic E-state index is -6.02. The highest BCUT2D eigenvalue weighted by atomic mass is 19.4. The van der Waals surface area contributed by atoms with Gasteiger partial charge in [0.05, 0.1) is 0 Å². The van der Waals surface area contributed by atoms with Crippen LogP contribution >= 0.6 is 0 Å². The Kier molecular flexibility index (Phi) is 7.71. The number of rotatable bonds is 6. The first kappa shape index (κ1) is 27.2. The number of benzene rings is 2. The molecule has 34 heavy (non-hydrogen) atoms. The van der Waals surface area contributed by atoms with E-state index in [4.69, 9.17) is 0 Å². The molecule has 2 aromatic carbocycles. The molecular weight excluding hydrogens is 466 g/mol. The zero-order valence-corrected chi connectivity index (χ0v) is 18.8. The summed E-state index contributed by atoms with van der Waals surface area (Å²) in [6.07, 6.45) is -11.4. The van der Waals surface area contributed by atoms with Gasteiger partial charge in [-0.3, -0.25) is 9.59 Å². The molecule has 186 valence electrons. The average molecular weight is 490 g/mol. The van der Waals surface area contributed by atoms with Gasteiger partial charge in [-0.25, -0.2) is 0 Å². The van der Waals surface area contributed by atoms with E-state index in [1.54, 1.807) is 13.0 Å². The Labute approximate surface area is 192 Å². The third kappa shape index (κ3) is 5.35. The summed E-state index contributed by atoms with van der Waals surface area (Å²) in [5.41, 5.74) is -6.26. The van der Waals surface area contributed by atoms with Crippen molar-refractivity contribution in [3.8, 4) is 0 Å². The van der Waals surface area contributed by atoms with Crippen LogP contribution in [0, 0.1) is 19.8 Å². The van der Waals surface area contributed by atoms with Crippen LogP contribution in [0.15, 0.2) is 36.4 Å². The second-order valence-corrected chi connectivity index (χ2v) is 8.02. The number of aliphatic hydroxyl groups is 1. The molecular formula is C23H24F6N2O3. The van der Waals surface area contributed by atoms with Gasteiger partial charge in [0.25, 0.3) is 11.5 Å².